The van der Waals surface area contributed by atoms with Crippen molar-refractivity contribution in [2.45, 2.75) is 26.8 Å². The van der Waals surface area contributed by atoms with Crippen LogP contribution in [0.3, 0.4) is 0 Å². The van der Waals surface area contributed by atoms with Crippen LogP contribution in [0.5, 0.6) is 0 Å². The summed E-state index contributed by atoms with van der Waals surface area (Å²) in [5.74, 6) is 0.850. The van der Waals surface area contributed by atoms with Crippen molar-refractivity contribution in [3.8, 4) is 0 Å². The molecule has 0 aliphatic rings. The van der Waals surface area contributed by atoms with Crippen LogP contribution < -0.4 is 10.2 Å². The van der Waals surface area contributed by atoms with E-state index in [1.807, 2.05) is 6.07 Å². The minimum Gasteiger partial charge on any atom is -0.354 e. The highest BCUT2D eigenvalue weighted by Crippen LogP contribution is 2.25. The molecule has 0 aromatic carbocycles. The van der Waals surface area contributed by atoms with E-state index in [-0.39, 0.29) is 0 Å². The first-order valence-corrected chi connectivity index (χ1v) is 7.01. The van der Waals surface area contributed by atoms with Gasteiger partial charge in [0.15, 0.2) is 0 Å². The van der Waals surface area contributed by atoms with Crippen molar-refractivity contribution in [2.24, 2.45) is 0 Å². The van der Waals surface area contributed by atoms with Gasteiger partial charge in [0.1, 0.15) is 5.82 Å². The van der Waals surface area contributed by atoms with Crippen LogP contribution in [0.25, 0.3) is 0 Å². The van der Waals surface area contributed by atoms with E-state index in [1.54, 1.807) is 6.20 Å². The van der Waals surface area contributed by atoms with E-state index in [4.69, 9.17) is 11.6 Å². The molecule has 0 fully saturated rings. The number of nitrogens with zero attached hydrogens (tertiary/aromatic N) is 2. The SMILES string of the molecule is CCN(CCNC(C)C)c1ncc(Br)cc1Cl. The highest BCUT2D eigenvalue weighted by atomic mass is 79.9. The molecule has 0 saturated heterocycles. The predicted octanol–water partition coefficient (Wildman–Crippen LogP) is 3.32. The summed E-state index contributed by atoms with van der Waals surface area (Å²) in [4.78, 5) is 6.54. The third-order valence-corrected chi connectivity index (χ3v) is 3.12. The summed E-state index contributed by atoms with van der Waals surface area (Å²) in [6.45, 7) is 9.12. The second-order valence-corrected chi connectivity index (χ2v) is 5.47. The average Bonchev–Trinajstić information content (AvgIpc) is 2.25. The lowest BCUT2D eigenvalue weighted by Crippen LogP contribution is -2.35. The maximum atomic E-state index is 6.19. The maximum absolute atomic E-state index is 6.19. The number of hydrogen-bond donors (Lipinski definition) is 1. The Morgan fingerprint density at radius 3 is 2.76 bits per heavy atom. The van der Waals surface area contributed by atoms with Crippen LogP contribution >= 0.6 is 27.5 Å². The summed E-state index contributed by atoms with van der Waals surface area (Å²) in [6, 6.07) is 2.38. The van der Waals surface area contributed by atoms with Gasteiger partial charge in [0.05, 0.1) is 5.02 Å². The molecule has 0 aliphatic carbocycles. The van der Waals surface area contributed by atoms with E-state index in [9.17, 15) is 0 Å². The smallest absolute Gasteiger partial charge is 0.147 e. The van der Waals surface area contributed by atoms with Crippen molar-refractivity contribution in [1.82, 2.24) is 10.3 Å². The summed E-state index contributed by atoms with van der Waals surface area (Å²) in [5.41, 5.74) is 0. The molecule has 0 aliphatic heterocycles. The van der Waals surface area contributed by atoms with Gasteiger partial charge in [-0.05, 0) is 28.9 Å². The Morgan fingerprint density at radius 2 is 2.24 bits per heavy atom. The largest absolute Gasteiger partial charge is 0.354 e. The van der Waals surface area contributed by atoms with Gasteiger partial charge in [-0.25, -0.2) is 4.98 Å². The van der Waals surface area contributed by atoms with Crippen LogP contribution in [0, 0.1) is 0 Å². The van der Waals surface area contributed by atoms with E-state index in [0.29, 0.717) is 11.1 Å². The summed E-state index contributed by atoms with van der Waals surface area (Å²) >= 11 is 9.55. The molecule has 1 rings (SSSR count). The van der Waals surface area contributed by atoms with E-state index in [1.165, 1.54) is 0 Å². The number of halogens is 2. The molecular formula is C12H19BrClN3. The Balaban J connectivity index is 2.66. The van der Waals surface area contributed by atoms with E-state index in [2.05, 4.69) is 51.9 Å². The first-order chi connectivity index (χ1) is 8.04. The summed E-state index contributed by atoms with van der Waals surface area (Å²) in [5, 5.41) is 4.07. The Morgan fingerprint density at radius 1 is 1.53 bits per heavy atom. The average molecular weight is 321 g/mol. The summed E-state index contributed by atoms with van der Waals surface area (Å²) < 4.78 is 0.905. The second kappa shape index (κ2) is 7.19. The lowest BCUT2D eigenvalue weighted by atomic mass is 10.3. The quantitative estimate of drug-likeness (QED) is 0.871. The zero-order valence-electron chi connectivity index (χ0n) is 10.5. The fourth-order valence-electron chi connectivity index (χ4n) is 1.54. The Kier molecular flexibility index (Phi) is 6.23. The van der Waals surface area contributed by atoms with Crippen LogP contribution in [0.4, 0.5) is 5.82 Å². The normalized spacial score (nSPS) is 10.9. The van der Waals surface area contributed by atoms with Gasteiger partial charge in [0.2, 0.25) is 0 Å². The van der Waals surface area contributed by atoms with E-state index < -0.39 is 0 Å². The topological polar surface area (TPSA) is 28.2 Å². The van der Waals surface area contributed by atoms with Gasteiger partial charge in [-0.1, -0.05) is 25.4 Å². The summed E-state index contributed by atoms with van der Waals surface area (Å²) in [7, 11) is 0. The monoisotopic (exact) mass is 319 g/mol. The molecule has 1 N–H and O–H groups in total. The molecule has 1 aromatic heterocycles. The van der Waals surface area contributed by atoms with Gasteiger partial charge in [-0.15, -0.1) is 0 Å². The molecule has 1 aromatic rings. The molecule has 0 unspecified atom stereocenters. The van der Waals surface area contributed by atoms with Gasteiger partial charge >= 0.3 is 0 Å². The minimum atomic E-state index is 0.502. The second-order valence-electron chi connectivity index (χ2n) is 4.15. The van der Waals surface area contributed by atoms with Gasteiger partial charge < -0.3 is 10.2 Å². The fraction of sp³-hybridized carbons (Fsp3) is 0.583. The van der Waals surface area contributed by atoms with Crippen LogP contribution in [0.2, 0.25) is 5.02 Å². The Bertz CT molecular complexity index is 358. The number of pyridine rings is 1. The van der Waals surface area contributed by atoms with Crippen molar-refractivity contribution >= 4 is 33.3 Å². The molecule has 0 bridgehead atoms. The third-order valence-electron chi connectivity index (χ3n) is 2.40. The third kappa shape index (κ3) is 4.82. The lowest BCUT2D eigenvalue weighted by Gasteiger charge is -2.23. The Hall–Kier alpha value is -0.320. The van der Waals surface area contributed by atoms with Crippen molar-refractivity contribution in [3.63, 3.8) is 0 Å². The number of anilines is 1. The van der Waals surface area contributed by atoms with Crippen molar-refractivity contribution in [3.05, 3.63) is 21.8 Å². The number of aromatic nitrogens is 1. The minimum absolute atomic E-state index is 0.502. The molecule has 96 valence electrons. The van der Waals surface area contributed by atoms with Gasteiger partial charge in [-0.3, -0.25) is 0 Å². The molecule has 0 saturated carbocycles. The molecule has 17 heavy (non-hydrogen) atoms. The molecule has 0 amide bonds. The molecule has 5 heteroatoms. The number of likely N-dealkylation sites (N-methyl/N-ethyl adjacent to an activating group) is 1. The zero-order chi connectivity index (χ0) is 12.8. The molecule has 0 spiro atoms. The van der Waals surface area contributed by atoms with Crippen LogP contribution in [-0.4, -0.2) is 30.7 Å². The highest BCUT2D eigenvalue weighted by molar-refractivity contribution is 9.10. The highest BCUT2D eigenvalue weighted by Gasteiger charge is 2.10. The number of hydrogen-bond acceptors (Lipinski definition) is 3. The van der Waals surface area contributed by atoms with Crippen molar-refractivity contribution in [2.75, 3.05) is 24.5 Å². The molecule has 0 atom stereocenters. The summed E-state index contributed by atoms with van der Waals surface area (Å²) in [6.07, 6.45) is 1.78. The first kappa shape index (κ1) is 14.7. The Labute approximate surface area is 117 Å². The van der Waals surface area contributed by atoms with E-state index in [0.717, 1.165) is 29.9 Å². The number of rotatable bonds is 6. The first-order valence-electron chi connectivity index (χ1n) is 5.84. The predicted molar refractivity (Wildman–Crippen MR) is 78.0 cm³/mol. The molecule has 3 nitrogen and oxygen atoms in total. The fourth-order valence-corrected chi connectivity index (χ4v) is 2.29. The molecule has 1 heterocycles. The van der Waals surface area contributed by atoms with E-state index >= 15 is 0 Å². The van der Waals surface area contributed by atoms with Crippen molar-refractivity contribution in [1.29, 1.82) is 0 Å². The van der Waals surface area contributed by atoms with Crippen LogP contribution in [-0.2, 0) is 0 Å². The molecular weight excluding hydrogens is 302 g/mol. The molecule has 0 radical (unpaired) electrons. The van der Waals surface area contributed by atoms with Gasteiger partial charge in [0.25, 0.3) is 0 Å². The van der Waals surface area contributed by atoms with Crippen molar-refractivity contribution < 1.29 is 0 Å². The van der Waals surface area contributed by atoms with Crippen LogP contribution in [0.1, 0.15) is 20.8 Å². The lowest BCUT2D eigenvalue weighted by molar-refractivity contribution is 0.582. The maximum Gasteiger partial charge on any atom is 0.147 e. The van der Waals surface area contributed by atoms with Gasteiger partial charge in [-0.2, -0.15) is 0 Å². The zero-order valence-corrected chi connectivity index (χ0v) is 12.8. The van der Waals surface area contributed by atoms with Gasteiger partial charge in [0, 0.05) is 36.3 Å². The number of nitrogens with one attached hydrogen (secondary N) is 1. The van der Waals surface area contributed by atoms with Crippen LogP contribution in [0.15, 0.2) is 16.7 Å². The standard InChI is InChI=1S/C12H19BrClN3/c1-4-17(6-5-15-9(2)3)12-11(14)7-10(13)8-16-12/h7-9,15H,4-6H2,1-3H3.